The first kappa shape index (κ1) is 25.4. The molecule has 7 nitrogen and oxygen atoms in total. The molecule has 0 spiro atoms. The second kappa shape index (κ2) is 12.1. The van der Waals surface area contributed by atoms with E-state index in [0.29, 0.717) is 6.54 Å². The number of morpholine rings is 1. The Morgan fingerprint density at radius 3 is 2.55 bits per heavy atom. The lowest BCUT2D eigenvalue weighted by atomic mass is 10.0. The molecule has 3 rings (SSSR count). The van der Waals surface area contributed by atoms with Gasteiger partial charge in [-0.1, -0.05) is 29.8 Å². The number of aromatic nitrogens is 2. The Morgan fingerprint density at radius 1 is 1.24 bits per heavy atom. The molecule has 0 bridgehead atoms. The smallest absolute Gasteiger partial charge is 0.241 e. The summed E-state index contributed by atoms with van der Waals surface area (Å²) in [6, 6.07) is 8.22. The predicted molar refractivity (Wildman–Crippen MR) is 119 cm³/mol. The number of ether oxygens (including phenoxy) is 1. The maximum Gasteiger partial charge on any atom is 0.241 e. The fourth-order valence-electron chi connectivity index (χ4n) is 3.56. The van der Waals surface area contributed by atoms with Crippen LogP contribution in [-0.4, -0.2) is 60.5 Å². The molecule has 0 radical (unpaired) electrons. The van der Waals surface area contributed by atoms with Gasteiger partial charge in [0, 0.05) is 38.4 Å². The van der Waals surface area contributed by atoms with Gasteiger partial charge in [-0.2, -0.15) is 5.10 Å². The molecule has 1 fully saturated rings. The molecular weight excluding hydrogens is 413 g/mol. The fraction of sp³-hybridized carbons (Fsp3) is 0.500. The summed E-state index contributed by atoms with van der Waals surface area (Å²) in [4.78, 5) is 15.2. The Morgan fingerprint density at radius 2 is 1.97 bits per heavy atom. The Balaban J connectivity index is 0.00000210. The number of rotatable bonds is 7. The molecule has 0 saturated carbocycles. The van der Waals surface area contributed by atoms with Crippen LogP contribution in [0.4, 0.5) is 0 Å². The predicted octanol–water partition coefficient (Wildman–Crippen LogP) is 2.02. The van der Waals surface area contributed by atoms with Crippen molar-refractivity contribution in [1.82, 2.24) is 25.3 Å². The van der Waals surface area contributed by atoms with Gasteiger partial charge in [0.15, 0.2) is 0 Å². The molecule has 29 heavy (non-hydrogen) atoms. The van der Waals surface area contributed by atoms with E-state index in [2.05, 4.69) is 51.8 Å². The highest BCUT2D eigenvalue weighted by Crippen LogP contribution is 2.22. The number of hydrogen-bond acceptors (Lipinski definition) is 5. The summed E-state index contributed by atoms with van der Waals surface area (Å²) in [5.41, 5.74) is 3.30. The number of halogens is 2. The molecule has 1 aromatic carbocycles. The SMILES string of the molecule is CNC(C(=O)NCC(c1cccc(C)c1)N1CCOCC1)c1cnn(C)c1.Cl.Cl. The van der Waals surface area contributed by atoms with Crippen LogP contribution in [0.1, 0.15) is 28.8 Å². The average Bonchev–Trinajstić information content (AvgIpc) is 3.09. The summed E-state index contributed by atoms with van der Waals surface area (Å²) in [7, 11) is 3.64. The van der Waals surface area contributed by atoms with Crippen molar-refractivity contribution in [3.05, 3.63) is 53.3 Å². The normalized spacial score (nSPS) is 16.2. The highest BCUT2D eigenvalue weighted by molar-refractivity contribution is 5.85. The largest absolute Gasteiger partial charge is 0.379 e. The highest BCUT2D eigenvalue weighted by Gasteiger charge is 2.25. The number of likely N-dealkylation sites (N-methyl/N-ethyl adjacent to an activating group) is 1. The van der Waals surface area contributed by atoms with Crippen molar-refractivity contribution in [2.75, 3.05) is 39.9 Å². The molecule has 162 valence electrons. The first-order valence-corrected chi connectivity index (χ1v) is 9.40. The van der Waals surface area contributed by atoms with Gasteiger partial charge >= 0.3 is 0 Å². The third-order valence-corrected chi connectivity index (χ3v) is 4.99. The number of nitrogens with zero attached hydrogens (tertiary/aromatic N) is 3. The molecule has 1 saturated heterocycles. The second-order valence-corrected chi connectivity index (χ2v) is 6.99. The third kappa shape index (κ3) is 6.69. The zero-order valence-electron chi connectivity index (χ0n) is 17.1. The molecular formula is C20H31Cl2N5O2. The van der Waals surface area contributed by atoms with Gasteiger partial charge in [0.2, 0.25) is 5.91 Å². The van der Waals surface area contributed by atoms with Crippen LogP contribution in [0.25, 0.3) is 0 Å². The summed E-state index contributed by atoms with van der Waals surface area (Å²) < 4.78 is 7.21. The lowest BCUT2D eigenvalue weighted by Crippen LogP contribution is -2.45. The van der Waals surface area contributed by atoms with Crippen LogP contribution in [0.5, 0.6) is 0 Å². The van der Waals surface area contributed by atoms with Crippen molar-refractivity contribution in [2.24, 2.45) is 7.05 Å². The zero-order chi connectivity index (χ0) is 19.2. The number of nitrogens with one attached hydrogen (secondary N) is 2. The number of carbonyl (C=O) groups excluding carboxylic acids is 1. The van der Waals surface area contributed by atoms with Gasteiger partial charge in [-0.25, -0.2) is 0 Å². The lowest BCUT2D eigenvalue weighted by Gasteiger charge is -2.35. The van der Waals surface area contributed by atoms with Crippen molar-refractivity contribution in [2.45, 2.75) is 19.0 Å². The molecule has 2 unspecified atom stereocenters. The van der Waals surface area contributed by atoms with E-state index in [0.717, 1.165) is 31.9 Å². The van der Waals surface area contributed by atoms with Gasteiger partial charge in [-0.05, 0) is 19.5 Å². The van der Waals surface area contributed by atoms with Crippen LogP contribution < -0.4 is 10.6 Å². The zero-order valence-corrected chi connectivity index (χ0v) is 18.8. The Kier molecular flexibility index (Phi) is 10.6. The topological polar surface area (TPSA) is 71.4 Å². The number of carbonyl (C=O) groups is 1. The lowest BCUT2D eigenvalue weighted by molar-refractivity contribution is -0.123. The molecule has 1 aliphatic rings. The van der Waals surface area contributed by atoms with Gasteiger partial charge in [-0.3, -0.25) is 14.4 Å². The number of aryl methyl sites for hydroxylation is 2. The minimum Gasteiger partial charge on any atom is -0.379 e. The highest BCUT2D eigenvalue weighted by atomic mass is 35.5. The van der Waals surface area contributed by atoms with Gasteiger partial charge in [0.1, 0.15) is 6.04 Å². The van der Waals surface area contributed by atoms with Crippen LogP contribution in [-0.2, 0) is 16.6 Å². The van der Waals surface area contributed by atoms with E-state index in [1.165, 1.54) is 11.1 Å². The van der Waals surface area contributed by atoms with E-state index in [1.54, 1.807) is 17.9 Å². The van der Waals surface area contributed by atoms with Gasteiger partial charge in [0.25, 0.3) is 0 Å². The average molecular weight is 444 g/mol. The molecule has 2 atom stereocenters. The number of hydrogen-bond donors (Lipinski definition) is 2. The Hall–Kier alpha value is -1.64. The summed E-state index contributed by atoms with van der Waals surface area (Å²) in [6.07, 6.45) is 3.58. The number of benzene rings is 1. The van der Waals surface area contributed by atoms with Gasteiger partial charge < -0.3 is 15.4 Å². The van der Waals surface area contributed by atoms with Crippen molar-refractivity contribution < 1.29 is 9.53 Å². The van der Waals surface area contributed by atoms with E-state index in [-0.39, 0.29) is 36.8 Å². The van der Waals surface area contributed by atoms with Crippen LogP contribution >= 0.6 is 24.8 Å². The molecule has 9 heteroatoms. The molecule has 2 aromatic rings. The molecule has 1 aliphatic heterocycles. The molecule has 0 aliphatic carbocycles. The second-order valence-electron chi connectivity index (χ2n) is 6.99. The molecule has 2 heterocycles. The summed E-state index contributed by atoms with van der Waals surface area (Å²) in [6.45, 7) is 5.84. The van der Waals surface area contributed by atoms with E-state index in [9.17, 15) is 4.79 Å². The fourth-order valence-corrected chi connectivity index (χ4v) is 3.56. The number of amides is 1. The van der Waals surface area contributed by atoms with E-state index < -0.39 is 6.04 Å². The summed E-state index contributed by atoms with van der Waals surface area (Å²) >= 11 is 0. The first-order valence-electron chi connectivity index (χ1n) is 9.40. The summed E-state index contributed by atoms with van der Waals surface area (Å²) in [5, 5.41) is 10.4. The molecule has 2 N–H and O–H groups in total. The van der Waals surface area contributed by atoms with Crippen molar-refractivity contribution in [3.8, 4) is 0 Å². The maximum absolute atomic E-state index is 12.8. The molecule has 1 amide bonds. The molecule has 1 aromatic heterocycles. The van der Waals surface area contributed by atoms with Crippen molar-refractivity contribution >= 4 is 30.7 Å². The van der Waals surface area contributed by atoms with Crippen LogP contribution in [0.3, 0.4) is 0 Å². The Labute approximate surface area is 185 Å². The minimum atomic E-state index is -0.415. The van der Waals surface area contributed by atoms with Crippen molar-refractivity contribution in [3.63, 3.8) is 0 Å². The van der Waals surface area contributed by atoms with Crippen LogP contribution in [0, 0.1) is 6.92 Å². The van der Waals surface area contributed by atoms with E-state index >= 15 is 0 Å². The Bertz CT molecular complexity index is 765. The van der Waals surface area contributed by atoms with E-state index in [1.807, 2.05) is 13.2 Å². The first-order chi connectivity index (χ1) is 13.1. The maximum atomic E-state index is 12.8. The van der Waals surface area contributed by atoms with Gasteiger partial charge in [0.05, 0.1) is 25.5 Å². The van der Waals surface area contributed by atoms with Crippen LogP contribution in [0.2, 0.25) is 0 Å². The quantitative estimate of drug-likeness (QED) is 0.684. The minimum absolute atomic E-state index is 0. The monoisotopic (exact) mass is 443 g/mol. The van der Waals surface area contributed by atoms with Crippen molar-refractivity contribution in [1.29, 1.82) is 0 Å². The third-order valence-electron chi connectivity index (χ3n) is 4.99. The van der Waals surface area contributed by atoms with Crippen LogP contribution in [0.15, 0.2) is 36.7 Å². The standard InChI is InChI=1S/C20H29N5O2.2ClH/c1-15-5-4-6-16(11-15)18(25-7-9-27-10-8-25)13-22-20(26)19(21-2)17-12-23-24(3)14-17;;/h4-6,11-12,14,18-19,21H,7-10,13H2,1-3H3,(H,22,26);2*1H. The van der Waals surface area contributed by atoms with E-state index in [4.69, 9.17) is 4.74 Å². The van der Waals surface area contributed by atoms with Gasteiger partial charge in [-0.15, -0.1) is 24.8 Å². The summed E-state index contributed by atoms with van der Waals surface area (Å²) in [5.74, 6) is -0.0450.